The fourth-order valence-electron chi connectivity index (χ4n) is 2.32. The van der Waals surface area contributed by atoms with Gasteiger partial charge in [-0.05, 0) is 15.9 Å². The number of rotatable bonds is 2. The van der Waals surface area contributed by atoms with Crippen molar-refractivity contribution in [3.05, 3.63) is 47.4 Å². The van der Waals surface area contributed by atoms with E-state index in [2.05, 4.69) is 31.0 Å². The van der Waals surface area contributed by atoms with Crippen LogP contribution in [0.25, 0.3) is 0 Å². The minimum Gasteiger partial charge on any atom is -0.310 e. The predicted molar refractivity (Wildman–Crippen MR) is 76.6 cm³/mol. The van der Waals surface area contributed by atoms with Gasteiger partial charge in [-0.3, -0.25) is 19.4 Å². The Morgan fingerprint density at radius 3 is 2.75 bits per heavy atom. The van der Waals surface area contributed by atoms with Crippen molar-refractivity contribution in [3.8, 4) is 0 Å². The second-order valence-corrected chi connectivity index (χ2v) is 5.84. The first-order valence-corrected chi connectivity index (χ1v) is 7.06. The molecular weight excluding hydrogens is 350 g/mol. The lowest BCUT2D eigenvalue weighted by molar-refractivity contribution is 0.269. The SMILES string of the molecule is Cn1nc(CN2Cc3[nH]c(=O)[nH]c(=O)c3C2)c(Br)c1Cl. The molecule has 9 heteroatoms. The molecule has 0 radical (unpaired) electrons. The van der Waals surface area contributed by atoms with Crippen LogP contribution in [0.2, 0.25) is 5.15 Å². The molecule has 2 N–H and O–H groups in total. The molecule has 0 unspecified atom stereocenters. The Kier molecular flexibility index (Phi) is 3.31. The average molecular weight is 361 g/mol. The molecular formula is C11H11BrClN5O2. The number of nitrogens with one attached hydrogen (secondary N) is 2. The summed E-state index contributed by atoms with van der Waals surface area (Å²) >= 11 is 9.45. The van der Waals surface area contributed by atoms with Crippen LogP contribution in [0.5, 0.6) is 0 Å². The molecule has 0 atom stereocenters. The number of hydrogen-bond acceptors (Lipinski definition) is 4. The van der Waals surface area contributed by atoms with Crippen LogP contribution < -0.4 is 11.2 Å². The third-order valence-corrected chi connectivity index (χ3v) is 4.75. The second kappa shape index (κ2) is 4.87. The molecule has 0 bridgehead atoms. The minimum atomic E-state index is -0.474. The summed E-state index contributed by atoms with van der Waals surface area (Å²) in [6.45, 7) is 1.52. The molecule has 7 nitrogen and oxygen atoms in total. The van der Waals surface area contributed by atoms with Crippen LogP contribution in [-0.2, 0) is 26.7 Å². The minimum absolute atomic E-state index is 0.329. The van der Waals surface area contributed by atoms with E-state index >= 15 is 0 Å². The highest BCUT2D eigenvalue weighted by molar-refractivity contribution is 9.10. The van der Waals surface area contributed by atoms with Gasteiger partial charge in [0, 0.05) is 32.4 Å². The first-order chi connectivity index (χ1) is 9.45. The molecule has 3 heterocycles. The van der Waals surface area contributed by atoms with Gasteiger partial charge in [0.1, 0.15) is 5.15 Å². The largest absolute Gasteiger partial charge is 0.325 e. The smallest absolute Gasteiger partial charge is 0.310 e. The molecule has 0 saturated carbocycles. The lowest BCUT2D eigenvalue weighted by Crippen LogP contribution is -2.25. The van der Waals surface area contributed by atoms with Gasteiger partial charge in [-0.25, -0.2) is 4.79 Å². The van der Waals surface area contributed by atoms with Gasteiger partial charge in [0.2, 0.25) is 0 Å². The Morgan fingerprint density at radius 2 is 2.10 bits per heavy atom. The molecule has 0 spiro atoms. The van der Waals surface area contributed by atoms with Gasteiger partial charge in [0.15, 0.2) is 0 Å². The highest BCUT2D eigenvalue weighted by Crippen LogP contribution is 2.28. The van der Waals surface area contributed by atoms with Gasteiger partial charge in [0.05, 0.1) is 15.7 Å². The summed E-state index contributed by atoms with van der Waals surface area (Å²) in [5.41, 5.74) is 1.26. The van der Waals surface area contributed by atoms with E-state index in [1.54, 1.807) is 11.7 Å². The molecule has 0 aromatic carbocycles. The molecule has 1 aliphatic rings. The van der Waals surface area contributed by atoms with Gasteiger partial charge in [-0.2, -0.15) is 5.10 Å². The van der Waals surface area contributed by atoms with Gasteiger partial charge in [-0.1, -0.05) is 11.6 Å². The first-order valence-electron chi connectivity index (χ1n) is 5.89. The Bertz CT molecular complexity index is 793. The highest BCUT2D eigenvalue weighted by Gasteiger charge is 2.25. The Labute approximate surface area is 126 Å². The monoisotopic (exact) mass is 359 g/mol. The molecule has 106 valence electrons. The zero-order chi connectivity index (χ0) is 14.4. The number of halogens is 2. The van der Waals surface area contributed by atoms with Crippen molar-refractivity contribution in [2.24, 2.45) is 7.05 Å². The van der Waals surface area contributed by atoms with Crippen molar-refractivity contribution in [2.45, 2.75) is 19.6 Å². The van der Waals surface area contributed by atoms with Crippen LogP contribution in [0.1, 0.15) is 17.0 Å². The third-order valence-electron chi connectivity index (χ3n) is 3.26. The van der Waals surface area contributed by atoms with E-state index in [0.717, 1.165) is 10.2 Å². The van der Waals surface area contributed by atoms with E-state index in [1.165, 1.54) is 0 Å². The van der Waals surface area contributed by atoms with Crippen LogP contribution in [0.3, 0.4) is 0 Å². The summed E-state index contributed by atoms with van der Waals surface area (Å²) in [7, 11) is 1.76. The predicted octanol–water partition coefficient (Wildman–Crippen LogP) is 0.728. The summed E-state index contributed by atoms with van der Waals surface area (Å²) in [5, 5.41) is 4.84. The summed E-state index contributed by atoms with van der Waals surface area (Å²) in [4.78, 5) is 29.9. The Hall–Kier alpha value is -1.38. The molecule has 20 heavy (non-hydrogen) atoms. The van der Waals surface area contributed by atoms with E-state index in [1.807, 2.05) is 4.90 Å². The van der Waals surface area contributed by atoms with E-state index in [4.69, 9.17) is 11.6 Å². The number of aryl methyl sites for hydroxylation is 1. The summed E-state index contributed by atoms with van der Waals surface area (Å²) < 4.78 is 2.33. The van der Waals surface area contributed by atoms with E-state index < -0.39 is 5.69 Å². The van der Waals surface area contributed by atoms with Crippen molar-refractivity contribution in [1.82, 2.24) is 24.6 Å². The van der Waals surface area contributed by atoms with Crippen LogP contribution in [0.15, 0.2) is 14.1 Å². The lowest BCUT2D eigenvalue weighted by Gasteiger charge is -2.12. The zero-order valence-corrected chi connectivity index (χ0v) is 12.9. The van der Waals surface area contributed by atoms with Crippen LogP contribution in [-0.4, -0.2) is 24.6 Å². The molecule has 0 saturated heterocycles. The Balaban J connectivity index is 1.86. The van der Waals surface area contributed by atoms with Crippen LogP contribution in [0, 0.1) is 0 Å². The van der Waals surface area contributed by atoms with Crippen molar-refractivity contribution in [1.29, 1.82) is 0 Å². The third kappa shape index (κ3) is 2.23. The summed E-state index contributed by atoms with van der Waals surface area (Å²) in [6.07, 6.45) is 0. The molecule has 2 aromatic heterocycles. The van der Waals surface area contributed by atoms with Crippen LogP contribution in [0.4, 0.5) is 0 Å². The van der Waals surface area contributed by atoms with Gasteiger partial charge < -0.3 is 4.98 Å². The fraction of sp³-hybridized carbons (Fsp3) is 0.364. The maximum atomic E-state index is 11.7. The number of aromatic nitrogens is 4. The molecule has 1 aliphatic heterocycles. The molecule has 2 aromatic rings. The first kappa shape index (κ1) is 13.6. The summed E-state index contributed by atoms with van der Waals surface area (Å²) in [6, 6.07) is 0. The Morgan fingerprint density at radius 1 is 1.35 bits per heavy atom. The van der Waals surface area contributed by atoms with E-state index in [9.17, 15) is 9.59 Å². The van der Waals surface area contributed by atoms with Crippen molar-refractivity contribution >= 4 is 27.5 Å². The van der Waals surface area contributed by atoms with Crippen molar-refractivity contribution < 1.29 is 0 Å². The maximum Gasteiger partial charge on any atom is 0.325 e. The second-order valence-electron chi connectivity index (χ2n) is 4.69. The number of H-pyrrole nitrogens is 2. The van der Waals surface area contributed by atoms with Gasteiger partial charge in [0.25, 0.3) is 5.56 Å². The number of hydrogen-bond donors (Lipinski definition) is 2. The fourth-order valence-corrected chi connectivity index (χ4v) is 2.93. The van der Waals surface area contributed by atoms with E-state index in [0.29, 0.717) is 36.0 Å². The molecule has 3 rings (SSSR count). The summed E-state index contributed by atoms with van der Waals surface area (Å²) in [5.74, 6) is 0. The zero-order valence-electron chi connectivity index (χ0n) is 10.5. The van der Waals surface area contributed by atoms with Gasteiger partial charge in [-0.15, -0.1) is 0 Å². The van der Waals surface area contributed by atoms with Crippen LogP contribution >= 0.6 is 27.5 Å². The van der Waals surface area contributed by atoms with Crippen molar-refractivity contribution in [2.75, 3.05) is 0 Å². The standard InChI is InChI=1S/C11H11BrClN5O2/c1-17-9(13)8(12)7(16-17)4-18-2-5-6(3-18)14-11(20)15-10(5)19/h2-4H2,1H3,(H2,14,15,19,20). The lowest BCUT2D eigenvalue weighted by atomic mass is 10.3. The number of fused-ring (bicyclic) bond motifs is 1. The van der Waals surface area contributed by atoms with E-state index in [-0.39, 0.29) is 5.56 Å². The average Bonchev–Trinajstić information content (AvgIpc) is 2.87. The maximum absolute atomic E-state index is 11.7. The topological polar surface area (TPSA) is 86.8 Å². The molecule has 0 fully saturated rings. The number of nitrogens with zero attached hydrogens (tertiary/aromatic N) is 3. The molecule has 0 amide bonds. The molecule has 0 aliphatic carbocycles. The normalized spacial score (nSPS) is 14.8. The quantitative estimate of drug-likeness (QED) is 0.826. The highest BCUT2D eigenvalue weighted by atomic mass is 79.9. The number of aromatic amines is 2. The van der Waals surface area contributed by atoms with Gasteiger partial charge >= 0.3 is 5.69 Å². The van der Waals surface area contributed by atoms with Crippen molar-refractivity contribution in [3.63, 3.8) is 0 Å².